The largest absolute Gasteiger partial charge is 0.496 e. The van der Waals surface area contributed by atoms with E-state index < -0.39 is 0 Å². The highest BCUT2D eigenvalue weighted by atomic mass is 16.5. The van der Waals surface area contributed by atoms with Crippen molar-refractivity contribution in [3.05, 3.63) is 36.1 Å². The van der Waals surface area contributed by atoms with Gasteiger partial charge in [-0.25, -0.2) is 0 Å². The summed E-state index contributed by atoms with van der Waals surface area (Å²) in [6.07, 6.45) is 7.89. The molecule has 0 unspecified atom stereocenters. The summed E-state index contributed by atoms with van der Waals surface area (Å²) >= 11 is 0. The Bertz CT molecular complexity index is 318. The third-order valence-electron chi connectivity index (χ3n) is 2.16. The van der Waals surface area contributed by atoms with Crippen LogP contribution in [0.1, 0.15) is 12.8 Å². The normalized spacial score (nSPS) is 14.2. The zero-order valence-corrected chi connectivity index (χ0v) is 9.24. The number of allylic oxidation sites excluding steroid dienone is 4. The minimum atomic E-state index is -0.330. The monoisotopic (exact) mass is 223 g/mol. The third kappa shape index (κ3) is 4.31. The first-order valence-electron chi connectivity index (χ1n) is 5.29. The minimum absolute atomic E-state index is 0.166. The van der Waals surface area contributed by atoms with Crippen LogP contribution < -0.4 is 5.32 Å². The van der Waals surface area contributed by atoms with Crippen molar-refractivity contribution < 1.29 is 14.6 Å². The number of hydrogen-bond acceptors (Lipinski definition) is 3. The number of aliphatic hydroxyl groups is 1. The summed E-state index contributed by atoms with van der Waals surface area (Å²) in [6.45, 7) is 3.95. The molecule has 0 aromatic carbocycles. The molecule has 0 radical (unpaired) electrons. The molecule has 0 heterocycles. The first kappa shape index (κ1) is 12.5. The molecule has 0 fully saturated rings. The van der Waals surface area contributed by atoms with Crippen LogP contribution >= 0.6 is 0 Å². The van der Waals surface area contributed by atoms with Gasteiger partial charge in [0.15, 0.2) is 0 Å². The van der Waals surface area contributed by atoms with Crippen molar-refractivity contribution in [3.63, 3.8) is 0 Å². The van der Waals surface area contributed by atoms with Gasteiger partial charge >= 0.3 is 0 Å². The lowest BCUT2D eigenvalue weighted by Gasteiger charge is -2.12. The van der Waals surface area contributed by atoms with Crippen LogP contribution in [0, 0.1) is 0 Å². The summed E-state index contributed by atoms with van der Waals surface area (Å²) in [7, 11) is 0. The van der Waals surface area contributed by atoms with E-state index in [9.17, 15) is 4.79 Å². The van der Waals surface area contributed by atoms with E-state index >= 15 is 0 Å². The van der Waals surface area contributed by atoms with E-state index in [2.05, 4.69) is 18.0 Å². The molecule has 1 aliphatic rings. The van der Waals surface area contributed by atoms with Gasteiger partial charge in [-0.05, 0) is 12.5 Å². The number of hydrogen-bond donors (Lipinski definition) is 2. The second-order valence-corrected chi connectivity index (χ2v) is 3.47. The Morgan fingerprint density at radius 3 is 3.06 bits per heavy atom. The van der Waals surface area contributed by atoms with Gasteiger partial charge in [-0.15, -0.1) is 0 Å². The Labute approximate surface area is 95.3 Å². The molecular weight excluding hydrogens is 206 g/mol. The Kier molecular flexibility index (Phi) is 5.36. The highest BCUT2D eigenvalue weighted by Gasteiger charge is 2.04. The summed E-state index contributed by atoms with van der Waals surface area (Å²) in [5.41, 5.74) is 0.166. The maximum Gasteiger partial charge on any atom is 0.249 e. The molecule has 4 nitrogen and oxygen atoms in total. The van der Waals surface area contributed by atoms with Crippen molar-refractivity contribution in [2.45, 2.75) is 12.8 Å². The van der Waals surface area contributed by atoms with Crippen molar-refractivity contribution in [3.8, 4) is 0 Å². The highest BCUT2D eigenvalue weighted by Crippen LogP contribution is 2.12. The van der Waals surface area contributed by atoms with Gasteiger partial charge < -0.3 is 15.2 Å². The van der Waals surface area contributed by atoms with E-state index in [0.717, 1.165) is 18.6 Å². The fourth-order valence-electron chi connectivity index (χ4n) is 1.24. The molecule has 0 spiro atoms. The third-order valence-corrected chi connectivity index (χ3v) is 2.16. The van der Waals surface area contributed by atoms with Crippen LogP contribution in [0.25, 0.3) is 0 Å². The van der Waals surface area contributed by atoms with Crippen LogP contribution in [-0.2, 0) is 9.53 Å². The fourth-order valence-corrected chi connectivity index (χ4v) is 1.24. The number of carbonyl (C=O) groups excluding carboxylic acids is 1. The molecule has 0 bridgehead atoms. The topological polar surface area (TPSA) is 58.6 Å². The summed E-state index contributed by atoms with van der Waals surface area (Å²) in [4.78, 5) is 11.2. The van der Waals surface area contributed by atoms with E-state index in [-0.39, 0.29) is 18.1 Å². The number of rotatable bonds is 6. The van der Waals surface area contributed by atoms with Gasteiger partial charge in [0.2, 0.25) is 5.91 Å². The smallest absolute Gasteiger partial charge is 0.249 e. The van der Waals surface area contributed by atoms with E-state index in [1.54, 1.807) is 0 Å². The SMILES string of the molecule is C=C(CO)C(=O)NCCOC1=CC=CCC1. The van der Waals surface area contributed by atoms with E-state index in [1.807, 2.05) is 12.2 Å². The summed E-state index contributed by atoms with van der Waals surface area (Å²) in [5.74, 6) is 0.612. The van der Waals surface area contributed by atoms with Crippen LogP contribution in [0.15, 0.2) is 36.1 Å². The predicted molar refractivity (Wildman–Crippen MR) is 61.6 cm³/mol. The molecule has 88 valence electrons. The standard InChI is InChI=1S/C12H17NO3/c1-10(9-14)12(15)13-7-8-16-11-5-3-2-4-6-11/h2-3,5,14H,1,4,6-9H2,(H,13,15). The maximum absolute atomic E-state index is 11.2. The molecule has 1 rings (SSSR count). The molecule has 0 aliphatic heterocycles. The second-order valence-electron chi connectivity index (χ2n) is 3.47. The molecule has 0 aromatic heterocycles. The fraction of sp³-hybridized carbons (Fsp3) is 0.417. The predicted octanol–water partition coefficient (Wildman–Crippen LogP) is 0.902. The zero-order valence-electron chi connectivity index (χ0n) is 9.24. The quantitative estimate of drug-likeness (QED) is 0.519. The zero-order chi connectivity index (χ0) is 11.8. The van der Waals surface area contributed by atoms with Gasteiger partial charge in [0, 0.05) is 12.0 Å². The van der Waals surface area contributed by atoms with E-state index in [4.69, 9.17) is 9.84 Å². The number of nitrogens with one attached hydrogen (secondary N) is 1. The number of aliphatic hydroxyl groups excluding tert-OH is 1. The molecule has 0 saturated carbocycles. The molecular formula is C12H17NO3. The van der Waals surface area contributed by atoms with E-state index in [1.165, 1.54) is 0 Å². The van der Waals surface area contributed by atoms with Crippen LogP contribution in [0.3, 0.4) is 0 Å². The van der Waals surface area contributed by atoms with Crippen molar-refractivity contribution in [2.75, 3.05) is 19.8 Å². The minimum Gasteiger partial charge on any atom is -0.496 e. The maximum atomic E-state index is 11.2. The lowest BCUT2D eigenvalue weighted by atomic mass is 10.2. The average Bonchev–Trinajstić information content (AvgIpc) is 2.34. The van der Waals surface area contributed by atoms with Crippen molar-refractivity contribution in [1.82, 2.24) is 5.32 Å². The molecule has 0 saturated heterocycles. The first-order chi connectivity index (χ1) is 7.74. The van der Waals surface area contributed by atoms with Crippen molar-refractivity contribution >= 4 is 5.91 Å². The van der Waals surface area contributed by atoms with Crippen LogP contribution in [-0.4, -0.2) is 30.8 Å². The number of carbonyl (C=O) groups is 1. The lowest BCUT2D eigenvalue weighted by molar-refractivity contribution is -0.118. The van der Waals surface area contributed by atoms with E-state index in [0.29, 0.717) is 13.2 Å². The molecule has 1 amide bonds. The van der Waals surface area contributed by atoms with Gasteiger partial charge in [0.25, 0.3) is 0 Å². The summed E-state index contributed by atoms with van der Waals surface area (Å²) < 4.78 is 5.45. The van der Waals surface area contributed by atoms with Crippen LogP contribution in [0.5, 0.6) is 0 Å². The molecule has 2 N–H and O–H groups in total. The molecule has 1 aliphatic carbocycles. The Hall–Kier alpha value is -1.55. The van der Waals surface area contributed by atoms with Gasteiger partial charge in [-0.3, -0.25) is 4.79 Å². The summed E-state index contributed by atoms with van der Waals surface area (Å²) in [6, 6.07) is 0. The number of ether oxygens (including phenoxy) is 1. The highest BCUT2D eigenvalue weighted by molar-refractivity contribution is 5.92. The van der Waals surface area contributed by atoms with Crippen LogP contribution in [0.4, 0.5) is 0 Å². The second kappa shape index (κ2) is 6.85. The van der Waals surface area contributed by atoms with Crippen molar-refractivity contribution in [1.29, 1.82) is 0 Å². The summed E-state index contributed by atoms with van der Waals surface area (Å²) in [5, 5.41) is 11.3. The Morgan fingerprint density at radius 1 is 1.62 bits per heavy atom. The van der Waals surface area contributed by atoms with Crippen molar-refractivity contribution in [2.24, 2.45) is 0 Å². The first-order valence-corrected chi connectivity index (χ1v) is 5.29. The van der Waals surface area contributed by atoms with Gasteiger partial charge in [-0.2, -0.15) is 0 Å². The molecule has 16 heavy (non-hydrogen) atoms. The molecule has 0 aromatic rings. The molecule has 4 heteroatoms. The lowest BCUT2D eigenvalue weighted by Crippen LogP contribution is -2.29. The average molecular weight is 223 g/mol. The number of amides is 1. The van der Waals surface area contributed by atoms with Gasteiger partial charge in [0.05, 0.1) is 18.9 Å². The van der Waals surface area contributed by atoms with Gasteiger partial charge in [0.1, 0.15) is 6.61 Å². The Morgan fingerprint density at radius 2 is 2.44 bits per heavy atom. The Balaban J connectivity index is 2.12. The molecule has 0 atom stereocenters. The van der Waals surface area contributed by atoms with Gasteiger partial charge in [-0.1, -0.05) is 18.7 Å². The van der Waals surface area contributed by atoms with Crippen LogP contribution in [0.2, 0.25) is 0 Å².